The Bertz CT molecular complexity index is 685. The standard InChI is InChI=1S/C16H18N4O2S/c1-11(21)17-7-12-4-5-13(18-8-12)15-3-2-6-20(15)16(22)14-9-23-10-19-14/h4-5,8-10,15H,2-3,6-7H2,1H3,(H,17,21)/t15-/m1/s1. The molecule has 0 bridgehead atoms. The number of thiazole rings is 1. The highest BCUT2D eigenvalue weighted by Gasteiger charge is 2.32. The second-order valence-electron chi connectivity index (χ2n) is 5.53. The first kappa shape index (κ1) is 15.6. The third-order valence-electron chi connectivity index (χ3n) is 3.90. The molecule has 1 saturated heterocycles. The first-order valence-electron chi connectivity index (χ1n) is 7.53. The van der Waals surface area contributed by atoms with Crippen molar-refractivity contribution in [1.82, 2.24) is 20.2 Å². The van der Waals surface area contributed by atoms with Crippen molar-refractivity contribution >= 4 is 23.2 Å². The molecule has 2 amide bonds. The Morgan fingerprint density at radius 3 is 2.91 bits per heavy atom. The third kappa shape index (κ3) is 3.56. The number of likely N-dealkylation sites (tertiary alicyclic amines) is 1. The summed E-state index contributed by atoms with van der Waals surface area (Å²) >= 11 is 1.42. The van der Waals surface area contributed by atoms with Gasteiger partial charge in [0.15, 0.2) is 0 Å². The summed E-state index contributed by atoms with van der Waals surface area (Å²) in [7, 11) is 0. The molecule has 6 nitrogen and oxygen atoms in total. The first-order valence-corrected chi connectivity index (χ1v) is 8.48. The zero-order valence-corrected chi connectivity index (χ0v) is 13.7. The van der Waals surface area contributed by atoms with Gasteiger partial charge in [0.1, 0.15) is 5.69 Å². The van der Waals surface area contributed by atoms with Gasteiger partial charge in [-0.3, -0.25) is 14.6 Å². The molecule has 120 valence electrons. The highest BCUT2D eigenvalue weighted by atomic mass is 32.1. The topological polar surface area (TPSA) is 75.2 Å². The van der Waals surface area contributed by atoms with Crippen LogP contribution in [0.1, 0.15) is 47.6 Å². The zero-order chi connectivity index (χ0) is 16.2. The van der Waals surface area contributed by atoms with Gasteiger partial charge in [-0.25, -0.2) is 4.98 Å². The van der Waals surface area contributed by atoms with Gasteiger partial charge >= 0.3 is 0 Å². The van der Waals surface area contributed by atoms with Gasteiger partial charge in [-0.2, -0.15) is 0 Å². The summed E-state index contributed by atoms with van der Waals surface area (Å²) in [6.07, 6.45) is 3.64. The molecule has 1 fully saturated rings. The summed E-state index contributed by atoms with van der Waals surface area (Å²) in [6.45, 7) is 2.69. The minimum atomic E-state index is -0.0649. The maximum Gasteiger partial charge on any atom is 0.273 e. The number of nitrogens with one attached hydrogen (secondary N) is 1. The van der Waals surface area contributed by atoms with Crippen LogP contribution in [-0.2, 0) is 11.3 Å². The van der Waals surface area contributed by atoms with Crippen molar-refractivity contribution in [2.24, 2.45) is 0 Å². The Hall–Kier alpha value is -2.28. The van der Waals surface area contributed by atoms with Gasteiger partial charge in [-0.05, 0) is 24.5 Å². The monoisotopic (exact) mass is 330 g/mol. The fourth-order valence-corrected chi connectivity index (χ4v) is 3.27. The van der Waals surface area contributed by atoms with Crippen LogP contribution in [-0.4, -0.2) is 33.2 Å². The normalized spacial score (nSPS) is 17.3. The van der Waals surface area contributed by atoms with Crippen molar-refractivity contribution < 1.29 is 9.59 Å². The minimum absolute atomic E-state index is 0.000911. The summed E-state index contributed by atoms with van der Waals surface area (Å²) in [5.41, 5.74) is 4.01. The Morgan fingerprint density at radius 2 is 2.26 bits per heavy atom. The van der Waals surface area contributed by atoms with E-state index in [0.29, 0.717) is 12.2 Å². The summed E-state index contributed by atoms with van der Waals surface area (Å²) in [5, 5.41) is 4.53. The molecule has 2 aromatic rings. The van der Waals surface area contributed by atoms with E-state index in [-0.39, 0.29) is 17.9 Å². The summed E-state index contributed by atoms with van der Waals surface area (Å²) in [5.74, 6) is -0.0947. The Labute approximate surface area is 138 Å². The maximum absolute atomic E-state index is 12.5. The number of aromatic nitrogens is 2. The van der Waals surface area contributed by atoms with Gasteiger partial charge in [0, 0.05) is 31.6 Å². The van der Waals surface area contributed by atoms with Gasteiger partial charge in [-0.1, -0.05) is 6.07 Å². The predicted molar refractivity (Wildman–Crippen MR) is 86.9 cm³/mol. The quantitative estimate of drug-likeness (QED) is 0.932. The Morgan fingerprint density at radius 1 is 1.39 bits per heavy atom. The molecule has 0 aliphatic carbocycles. The smallest absolute Gasteiger partial charge is 0.273 e. The van der Waals surface area contributed by atoms with Crippen LogP contribution >= 0.6 is 11.3 Å². The number of nitrogens with zero attached hydrogens (tertiary/aromatic N) is 3. The Kier molecular flexibility index (Phi) is 4.66. The SMILES string of the molecule is CC(=O)NCc1ccc([C@H]2CCCN2C(=O)c2cscn2)nc1. The predicted octanol–water partition coefficient (Wildman–Crippen LogP) is 2.15. The number of amides is 2. The fraction of sp³-hybridized carbons (Fsp3) is 0.375. The molecule has 23 heavy (non-hydrogen) atoms. The average molecular weight is 330 g/mol. The van der Waals surface area contributed by atoms with E-state index in [2.05, 4.69) is 15.3 Å². The maximum atomic E-state index is 12.5. The lowest BCUT2D eigenvalue weighted by molar-refractivity contribution is -0.119. The van der Waals surface area contributed by atoms with Crippen LogP contribution in [0.15, 0.2) is 29.2 Å². The molecule has 0 unspecified atom stereocenters. The van der Waals surface area contributed by atoms with Gasteiger partial charge in [-0.15, -0.1) is 11.3 Å². The molecular formula is C16H18N4O2S. The van der Waals surface area contributed by atoms with Gasteiger partial charge in [0.25, 0.3) is 5.91 Å². The lowest BCUT2D eigenvalue weighted by atomic mass is 10.1. The number of hydrogen-bond donors (Lipinski definition) is 1. The Balaban J connectivity index is 1.72. The second kappa shape index (κ2) is 6.87. The summed E-state index contributed by atoms with van der Waals surface area (Å²) in [6, 6.07) is 3.88. The molecule has 0 aromatic carbocycles. The van der Waals surface area contributed by atoms with Crippen molar-refractivity contribution in [3.05, 3.63) is 46.2 Å². The molecule has 0 spiro atoms. The highest BCUT2D eigenvalue weighted by Crippen LogP contribution is 2.32. The van der Waals surface area contributed by atoms with Crippen molar-refractivity contribution in [2.45, 2.75) is 32.4 Å². The molecule has 1 aliphatic rings. The zero-order valence-electron chi connectivity index (χ0n) is 12.9. The van der Waals surface area contributed by atoms with Gasteiger partial charge in [0.2, 0.25) is 5.91 Å². The fourth-order valence-electron chi connectivity index (χ4n) is 2.75. The largest absolute Gasteiger partial charge is 0.352 e. The van der Waals surface area contributed by atoms with E-state index in [1.54, 1.807) is 17.1 Å². The van der Waals surface area contributed by atoms with Crippen molar-refractivity contribution in [2.75, 3.05) is 6.54 Å². The molecule has 3 heterocycles. The van der Waals surface area contributed by atoms with Crippen LogP contribution in [0.5, 0.6) is 0 Å². The van der Waals surface area contributed by atoms with E-state index >= 15 is 0 Å². The molecule has 1 N–H and O–H groups in total. The van der Waals surface area contributed by atoms with Crippen LogP contribution in [0.2, 0.25) is 0 Å². The number of hydrogen-bond acceptors (Lipinski definition) is 5. The van der Waals surface area contributed by atoms with Gasteiger partial charge < -0.3 is 10.2 Å². The molecule has 0 radical (unpaired) electrons. The number of pyridine rings is 1. The van der Waals surface area contributed by atoms with Crippen LogP contribution in [0.25, 0.3) is 0 Å². The first-order chi connectivity index (χ1) is 11.1. The number of carbonyl (C=O) groups excluding carboxylic acids is 2. The lowest BCUT2D eigenvalue weighted by Crippen LogP contribution is -2.31. The van der Waals surface area contributed by atoms with Crippen LogP contribution in [0, 0.1) is 0 Å². The van der Waals surface area contributed by atoms with E-state index in [1.165, 1.54) is 18.3 Å². The molecule has 0 saturated carbocycles. The van der Waals surface area contributed by atoms with E-state index in [4.69, 9.17) is 0 Å². The average Bonchev–Trinajstić information content (AvgIpc) is 3.24. The minimum Gasteiger partial charge on any atom is -0.352 e. The highest BCUT2D eigenvalue weighted by molar-refractivity contribution is 7.07. The molecule has 1 atom stereocenters. The van der Waals surface area contributed by atoms with Crippen molar-refractivity contribution in [3.63, 3.8) is 0 Å². The molecular weight excluding hydrogens is 312 g/mol. The summed E-state index contributed by atoms with van der Waals surface area (Å²) < 4.78 is 0. The number of carbonyl (C=O) groups is 2. The van der Waals surface area contributed by atoms with E-state index in [1.807, 2.05) is 17.0 Å². The van der Waals surface area contributed by atoms with Gasteiger partial charge in [0.05, 0.1) is 17.2 Å². The van der Waals surface area contributed by atoms with Crippen LogP contribution < -0.4 is 5.32 Å². The molecule has 3 rings (SSSR count). The second-order valence-corrected chi connectivity index (χ2v) is 6.25. The van der Waals surface area contributed by atoms with Crippen molar-refractivity contribution in [3.8, 4) is 0 Å². The van der Waals surface area contributed by atoms with E-state index < -0.39 is 0 Å². The molecule has 7 heteroatoms. The third-order valence-corrected chi connectivity index (χ3v) is 4.48. The van der Waals surface area contributed by atoms with Crippen LogP contribution in [0.3, 0.4) is 0 Å². The van der Waals surface area contributed by atoms with Crippen molar-refractivity contribution in [1.29, 1.82) is 0 Å². The lowest BCUT2D eigenvalue weighted by Gasteiger charge is -2.23. The van der Waals surface area contributed by atoms with E-state index in [0.717, 1.165) is 30.6 Å². The van der Waals surface area contributed by atoms with Crippen LogP contribution in [0.4, 0.5) is 0 Å². The molecule has 1 aliphatic heterocycles. The number of rotatable bonds is 4. The molecule has 2 aromatic heterocycles. The summed E-state index contributed by atoms with van der Waals surface area (Å²) in [4.78, 5) is 33.9. The van der Waals surface area contributed by atoms with E-state index in [9.17, 15) is 9.59 Å².